The van der Waals surface area contributed by atoms with Crippen LogP contribution in [0.4, 0.5) is 10.1 Å². The number of sulfonamides is 1. The largest absolute Gasteiger partial charge is 0.378 e. The van der Waals surface area contributed by atoms with E-state index < -0.39 is 15.8 Å². The third-order valence-electron chi connectivity index (χ3n) is 4.28. The molecule has 0 unspecified atom stereocenters. The summed E-state index contributed by atoms with van der Waals surface area (Å²) in [5, 5.41) is 0. The van der Waals surface area contributed by atoms with E-state index in [0.717, 1.165) is 11.0 Å². The highest BCUT2D eigenvalue weighted by Gasteiger charge is 2.34. The summed E-state index contributed by atoms with van der Waals surface area (Å²) in [7, 11) is -3.72. The normalized spacial score (nSPS) is 13.7. The Bertz CT molecular complexity index is 988. The Labute approximate surface area is 162 Å². The third-order valence-corrected chi connectivity index (χ3v) is 5.53. The van der Waals surface area contributed by atoms with Gasteiger partial charge in [0.25, 0.3) is 11.8 Å². The van der Waals surface area contributed by atoms with Gasteiger partial charge >= 0.3 is 0 Å². The standard InChI is InChI=1S/C19H19FN2O5S/c1-13-6-7-14(12-17(13)20)21-28(25,26)11-10-27-9-8-22-18(23)15-4-2-3-5-16(15)19(22)24/h2-7,12,21H,8-11H2,1H3. The van der Waals surface area contributed by atoms with E-state index in [1.807, 2.05) is 0 Å². The minimum absolute atomic E-state index is 0.0140. The fourth-order valence-electron chi connectivity index (χ4n) is 2.76. The number of hydrogen-bond acceptors (Lipinski definition) is 5. The molecule has 2 amide bonds. The molecule has 0 saturated carbocycles. The number of carbonyl (C=O) groups excluding carboxylic acids is 2. The number of ether oxygens (including phenoxy) is 1. The molecule has 0 saturated heterocycles. The molecule has 1 aliphatic rings. The van der Waals surface area contributed by atoms with Crippen LogP contribution in [0.2, 0.25) is 0 Å². The Morgan fingerprint density at radius 1 is 1.04 bits per heavy atom. The lowest BCUT2D eigenvalue weighted by Crippen LogP contribution is -2.33. The smallest absolute Gasteiger partial charge is 0.261 e. The van der Waals surface area contributed by atoms with Crippen molar-refractivity contribution in [2.75, 3.05) is 30.2 Å². The molecule has 2 aromatic rings. The molecule has 0 aliphatic carbocycles. The van der Waals surface area contributed by atoms with Crippen molar-refractivity contribution in [2.45, 2.75) is 6.92 Å². The third kappa shape index (κ3) is 4.37. The van der Waals surface area contributed by atoms with Crippen molar-refractivity contribution < 1.29 is 27.1 Å². The zero-order valence-electron chi connectivity index (χ0n) is 15.1. The number of nitrogens with one attached hydrogen (secondary N) is 1. The molecule has 0 atom stereocenters. The van der Waals surface area contributed by atoms with Crippen LogP contribution in [-0.4, -0.2) is 50.6 Å². The monoisotopic (exact) mass is 406 g/mol. The fourth-order valence-corrected chi connectivity index (χ4v) is 3.68. The van der Waals surface area contributed by atoms with Crippen molar-refractivity contribution in [1.82, 2.24) is 4.90 Å². The molecule has 3 rings (SSSR count). The molecule has 0 radical (unpaired) electrons. The summed E-state index contributed by atoms with van der Waals surface area (Å²) < 4.78 is 45.1. The zero-order chi connectivity index (χ0) is 20.3. The van der Waals surface area contributed by atoms with Gasteiger partial charge in [0.15, 0.2) is 0 Å². The summed E-state index contributed by atoms with van der Waals surface area (Å²) in [6.07, 6.45) is 0. The number of fused-ring (bicyclic) bond motifs is 1. The summed E-state index contributed by atoms with van der Waals surface area (Å²) in [5.74, 6) is -1.62. The van der Waals surface area contributed by atoms with Crippen LogP contribution in [0.25, 0.3) is 0 Å². The number of halogens is 1. The molecule has 0 bridgehead atoms. The second-order valence-electron chi connectivity index (χ2n) is 6.30. The summed E-state index contributed by atoms with van der Waals surface area (Å²) in [6, 6.07) is 10.6. The number of anilines is 1. The molecule has 1 N–H and O–H groups in total. The molecular formula is C19H19FN2O5S. The van der Waals surface area contributed by atoms with Crippen molar-refractivity contribution in [2.24, 2.45) is 0 Å². The van der Waals surface area contributed by atoms with Crippen LogP contribution in [0.5, 0.6) is 0 Å². The van der Waals surface area contributed by atoms with Gasteiger partial charge in [-0.3, -0.25) is 19.2 Å². The lowest BCUT2D eigenvalue weighted by Gasteiger charge is -2.14. The van der Waals surface area contributed by atoms with Gasteiger partial charge in [0.1, 0.15) is 5.82 Å². The van der Waals surface area contributed by atoms with Gasteiger partial charge in [-0.2, -0.15) is 0 Å². The molecular weight excluding hydrogens is 387 g/mol. The highest BCUT2D eigenvalue weighted by Crippen LogP contribution is 2.22. The Balaban J connectivity index is 1.45. The summed E-state index contributed by atoms with van der Waals surface area (Å²) >= 11 is 0. The van der Waals surface area contributed by atoms with Crippen LogP contribution in [-0.2, 0) is 14.8 Å². The second-order valence-corrected chi connectivity index (χ2v) is 8.15. The molecule has 9 heteroatoms. The van der Waals surface area contributed by atoms with E-state index in [1.54, 1.807) is 31.2 Å². The van der Waals surface area contributed by atoms with E-state index in [2.05, 4.69) is 4.72 Å². The Hall–Kier alpha value is -2.78. The number of aryl methyl sites for hydroxylation is 1. The zero-order valence-corrected chi connectivity index (χ0v) is 16.0. The first kappa shape index (κ1) is 20.0. The molecule has 28 heavy (non-hydrogen) atoms. The topological polar surface area (TPSA) is 92.8 Å². The molecule has 7 nitrogen and oxygen atoms in total. The van der Waals surface area contributed by atoms with E-state index >= 15 is 0 Å². The molecule has 148 valence electrons. The maximum atomic E-state index is 13.5. The van der Waals surface area contributed by atoms with E-state index in [9.17, 15) is 22.4 Å². The van der Waals surface area contributed by atoms with Gasteiger partial charge in [-0.05, 0) is 36.8 Å². The number of nitrogens with zero attached hydrogens (tertiary/aromatic N) is 1. The minimum Gasteiger partial charge on any atom is -0.378 e. The van der Waals surface area contributed by atoms with Gasteiger partial charge in [0.2, 0.25) is 10.0 Å². The molecule has 1 aliphatic heterocycles. The molecule has 2 aromatic carbocycles. The van der Waals surface area contributed by atoms with Crippen molar-refractivity contribution >= 4 is 27.5 Å². The lowest BCUT2D eigenvalue weighted by atomic mass is 10.1. The van der Waals surface area contributed by atoms with Gasteiger partial charge in [-0.25, -0.2) is 12.8 Å². The van der Waals surface area contributed by atoms with Gasteiger partial charge in [0, 0.05) is 0 Å². The van der Waals surface area contributed by atoms with Crippen molar-refractivity contribution in [1.29, 1.82) is 0 Å². The van der Waals surface area contributed by atoms with E-state index in [0.29, 0.717) is 16.7 Å². The van der Waals surface area contributed by atoms with Crippen LogP contribution in [0.15, 0.2) is 42.5 Å². The van der Waals surface area contributed by atoms with Gasteiger partial charge in [0.05, 0.1) is 42.3 Å². The molecule has 0 spiro atoms. The van der Waals surface area contributed by atoms with Gasteiger partial charge < -0.3 is 4.74 Å². The first-order valence-corrected chi connectivity index (χ1v) is 10.2. The van der Waals surface area contributed by atoms with Crippen LogP contribution >= 0.6 is 0 Å². The lowest BCUT2D eigenvalue weighted by molar-refractivity contribution is 0.0575. The summed E-state index contributed by atoms with van der Waals surface area (Å²) in [6.45, 7) is 1.49. The predicted molar refractivity (Wildman–Crippen MR) is 101 cm³/mol. The number of hydrogen-bond donors (Lipinski definition) is 1. The Morgan fingerprint density at radius 2 is 1.68 bits per heavy atom. The van der Waals surface area contributed by atoms with Crippen molar-refractivity contribution in [3.05, 3.63) is 65.0 Å². The Kier molecular flexibility index (Phi) is 5.76. The van der Waals surface area contributed by atoms with Crippen LogP contribution in [0.3, 0.4) is 0 Å². The second kappa shape index (κ2) is 8.07. The number of rotatable bonds is 8. The van der Waals surface area contributed by atoms with Crippen LogP contribution in [0.1, 0.15) is 26.3 Å². The Morgan fingerprint density at radius 3 is 2.29 bits per heavy atom. The van der Waals surface area contributed by atoms with Crippen LogP contribution < -0.4 is 4.72 Å². The summed E-state index contributed by atoms with van der Waals surface area (Å²) in [5.41, 5.74) is 1.25. The highest BCUT2D eigenvalue weighted by atomic mass is 32.2. The quantitative estimate of drug-likeness (QED) is 0.536. The molecule has 0 aromatic heterocycles. The molecule has 1 heterocycles. The maximum absolute atomic E-state index is 13.5. The minimum atomic E-state index is -3.72. The number of imide groups is 1. The first-order valence-electron chi connectivity index (χ1n) is 8.58. The van der Waals surface area contributed by atoms with Crippen molar-refractivity contribution in [3.8, 4) is 0 Å². The number of benzene rings is 2. The number of amides is 2. The number of carbonyl (C=O) groups is 2. The fraction of sp³-hybridized carbons (Fsp3) is 0.263. The molecule has 0 fully saturated rings. The van der Waals surface area contributed by atoms with E-state index in [1.165, 1.54) is 12.1 Å². The first-order chi connectivity index (χ1) is 13.3. The highest BCUT2D eigenvalue weighted by molar-refractivity contribution is 7.92. The van der Waals surface area contributed by atoms with Gasteiger partial charge in [-0.1, -0.05) is 18.2 Å². The summed E-state index contributed by atoms with van der Waals surface area (Å²) in [4.78, 5) is 25.5. The van der Waals surface area contributed by atoms with Crippen LogP contribution in [0, 0.1) is 12.7 Å². The average Bonchev–Trinajstić information content (AvgIpc) is 2.89. The van der Waals surface area contributed by atoms with E-state index in [4.69, 9.17) is 4.74 Å². The van der Waals surface area contributed by atoms with E-state index in [-0.39, 0.29) is 43.0 Å². The van der Waals surface area contributed by atoms with Crippen molar-refractivity contribution in [3.63, 3.8) is 0 Å². The SMILES string of the molecule is Cc1ccc(NS(=O)(=O)CCOCCN2C(=O)c3ccccc3C2=O)cc1F. The average molecular weight is 406 g/mol. The predicted octanol–water partition coefficient (Wildman–Crippen LogP) is 2.19. The van der Waals surface area contributed by atoms with Gasteiger partial charge in [-0.15, -0.1) is 0 Å². The maximum Gasteiger partial charge on any atom is 0.261 e.